The van der Waals surface area contributed by atoms with Crippen LogP contribution in [0.1, 0.15) is 0 Å². The van der Waals surface area contributed by atoms with Gasteiger partial charge in [0.05, 0.1) is 0 Å². The van der Waals surface area contributed by atoms with Crippen LogP contribution in [-0.2, 0) is 4.79 Å². The monoisotopic (exact) mass is 83.0 g/mol. The molecule has 0 radical (unpaired) electrons. The van der Waals surface area contributed by atoms with Gasteiger partial charge in [-0.1, -0.05) is 6.58 Å². The normalized spacial score (nSPS) is 6.67. The van der Waals surface area contributed by atoms with Crippen LogP contribution in [0.2, 0.25) is 0 Å². The van der Waals surface area contributed by atoms with E-state index >= 15 is 0 Å². The van der Waals surface area contributed by atoms with Crippen LogP contribution in [0, 0.1) is 0 Å². The molecule has 0 spiro atoms. The van der Waals surface area contributed by atoms with Crippen LogP contribution in [0.15, 0.2) is 17.6 Å². The molecule has 0 unspecified atom stereocenters. The standard InChI is InChI=1S/C4H5NO/c1-3-4(6)5-2/h3H,1-2H2. The minimum atomic E-state index is -0.380. The molecule has 0 aliphatic carbocycles. The van der Waals surface area contributed by atoms with Gasteiger partial charge in [0.25, 0.3) is 5.91 Å². The van der Waals surface area contributed by atoms with Gasteiger partial charge in [0.1, 0.15) is 0 Å². The predicted molar refractivity (Wildman–Crippen MR) is 24.8 cm³/mol. The van der Waals surface area contributed by atoms with E-state index in [1.165, 1.54) is 0 Å². The summed E-state index contributed by atoms with van der Waals surface area (Å²) >= 11 is 0. The number of carbonyl (C=O) groups excluding carboxylic acids is 1. The lowest BCUT2D eigenvalue weighted by Crippen LogP contribution is -1.79. The van der Waals surface area contributed by atoms with Crippen molar-refractivity contribution in [3.8, 4) is 0 Å². The van der Waals surface area contributed by atoms with Crippen LogP contribution in [0.5, 0.6) is 0 Å². The summed E-state index contributed by atoms with van der Waals surface area (Å²) in [4.78, 5) is 12.8. The summed E-state index contributed by atoms with van der Waals surface area (Å²) in [6.45, 7) is 6.11. The third-order valence-corrected chi connectivity index (χ3v) is 0.330. The number of hydrogen-bond donors (Lipinski definition) is 0. The summed E-state index contributed by atoms with van der Waals surface area (Å²) in [6, 6.07) is 0. The predicted octanol–water partition coefficient (Wildman–Crippen LogP) is 0.400. The average molecular weight is 83.1 g/mol. The Morgan fingerprint density at radius 3 is 2.33 bits per heavy atom. The fourth-order valence-electron chi connectivity index (χ4n) is 0.0645. The van der Waals surface area contributed by atoms with Gasteiger partial charge in [0.2, 0.25) is 0 Å². The summed E-state index contributed by atoms with van der Waals surface area (Å²) in [5.41, 5.74) is 0. The summed E-state index contributed by atoms with van der Waals surface area (Å²) in [5, 5.41) is 0. The van der Waals surface area contributed by atoms with Crippen LogP contribution in [0.3, 0.4) is 0 Å². The van der Waals surface area contributed by atoms with Gasteiger partial charge in [-0.2, -0.15) is 0 Å². The number of nitrogens with zero attached hydrogens (tertiary/aromatic N) is 1. The van der Waals surface area contributed by atoms with Crippen molar-refractivity contribution in [1.29, 1.82) is 0 Å². The highest BCUT2D eigenvalue weighted by molar-refractivity contribution is 5.90. The molecule has 0 fully saturated rings. The second-order valence-electron chi connectivity index (χ2n) is 0.700. The molecule has 0 heterocycles. The zero-order valence-electron chi connectivity index (χ0n) is 3.35. The van der Waals surface area contributed by atoms with Gasteiger partial charge < -0.3 is 0 Å². The molecule has 1 amide bonds. The van der Waals surface area contributed by atoms with Gasteiger partial charge in [-0.25, -0.2) is 4.99 Å². The van der Waals surface area contributed by atoms with E-state index in [0.717, 1.165) is 6.08 Å². The molecule has 0 aromatic carbocycles. The number of carbonyl (C=O) groups is 1. The minimum absolute atomic E-state index is 0.380. The maximum Gasteiger partial charge on any atom is 0.268 e. The molecule has 0 bridgehead atoms. The SMILES string of the molecule is C=CC(=O)N=C. The van der Waals surface area contributed by atoms with Crippen molar-refractivity contribution in [3.05, 3.63) is 12.7 Å². The topological polar surface area (TPSA) is 29.4 Å². The highest BCUT2D eigenvalue weighted by Gasteiger charge is 1.77. The third-order valence-electron chi connectivity index (χ3n) is 0.330. The van der Waals surface area contributed by atoms with Crippen molar-refractivity contribution in [1.82, 2.24) is 0 Å². The van der Waals surface area contributed by atoms with Crippen LogP contribution in [0.4, 0.5) is 0 Å². The van der Waals surface area contributed by atoms with Crippen LogP contribution in [0.25, 0.3) is 0 Å². The van der Waals surface area contributed by atoms with E-state index in [2.05, 4.69) is 18.3 Å². The van der Waals surface area contributed by atoms with Gasteiger partial charge in [-0.15, -0.1) is 0 Å². The van der Waals surface area contributed by atoms with E-state index in [-0.39, 0.29) is 5.91 Å². The highest BCUT2D eigenvalue weighted by atomic mass is 16.1. The molecule has 0 aliphatic rings. The van der Waals surface area contributed by atoms with E-state index in [0.29, 0.717) is 0 Å². The van der Waals surface area contributed by atoms with Gasteiger partial charge in [0, 0.05) is 0 Å². The van der Waals surface area contributed by atoms with Crippen molar-refractivity contribution in [2.24, 2.45) is 4.99 Å². The quantitative estimate of drug-likeness (QED) is 0.333. The third kappa shape index (κ3) is 1.40. The van der Waals surface area contributed by atoms with Gasteiger partial charge >= 0.3 is 0 Å². The summed E-state index contributed by atoms with van der Waals surface area (Å²) < 4.78 is 0. The number of hydrogen-bond acceptors (Lipinski definition) is 1. The van der Waals surface area contributed by atoms with Gasteiger partial charge in [-0.3, -0.25) is 4.79 Å². The first-order valence-electron chi connectivity index (χ1n) is 1.44. The van der Waals surface area contributed by atoms with E-state index in [1.807, 2.05) is 0 Å². The molecule has 0 aliphatic heterocycles. The van der Waals surface area contributed by atoms with Crippen molar-refractivity contribution < 1.29 is 4.79 Å². The Labute approximate surface area is 36.2 Å². The fourth-order valence-corrected chi connectivity index (χ4v) is 0.0645. The van der Waals surface area contributed by atoms with Crippen LogP contribution >= 0.6 is 0 Å². The molecule has 0 atom stereocenters. The Morgan fingerprint density at radius 2 is 2.33 bits per heavy atom. The fraction of sp³-hybridized carbons (Fsp3) is 0. The number of rotatable bonds is 1. The van der Waals surface area contributed by atoms with Crippen molar-refractivity contribution in [3.63, 3.8) is 0 Å². The van der Waals surface area contributed by atoms with Crippen molar-refractivity contribution in [2.75, 3.05) is 0 Å². The van der Waals surface area contributed by atoms with E-state index in [4.69, 9.17) is 0 Å². The summed E-state index contributed by atoms with van der Waals surface area (Å²) in [5.74, 6) is -0.380. The largest absolute Gasteiger partial charge is 0.268 e. The second kappa shape index (κ2) is 2.33. The smallest absolute Gasteiger partial charge is 0.268 e. The first kappa shape index (κ1) is 5.08. The Bertz CT molecular complexity index is 75.5. The van der Waals surface area contributed by atoms with Crippen molar-refractivity contribution in [2.45, 2.75) is 0 Å². The molecule has 0 aromatic heterocycles. The Hall–Kier alpha value is -0.920. The zero-order valence-corrected chi connectivity index (χ0v) is 3.35. The molecule has 0 rings (SSSR count). The van der Waals surface area contributed by atoms with Gasteiger partial charge in [0.15, 0.2) is 0 Å². The Balaban J connectivity index is 3.52. The number of aliphatic imine (C=N–C) groups is 1. The van der Waals surface area contributed by atoms with Gasteiger partial charge in [-0.05, 0) is 12.8 Å². The first-order chi connectivity index (χ1) is 2.81. The molecular formula is C4H5NO. The molecule has 2 nitrogen and oxygen atoms in total. The van der Waals surface area contributed by atoms with Crippen LogP contribution in [-0.4, -0.2) is 12.6 Å². The minimum Gasteiger partial charge on any atom is -0.268 e. The highest BCUT2D eigenvalue weighted by Crippen LogP contribution is 1.67. The number of amides is 1. The molecule has 32 valence electrons. The molecule has 0 N–H and O–H groups in total. The second-order valence-corrected chi connectivity index (χ2v) is 0.700. The molecule has 0 saturated carbocycles. The molecular weight excluding hydrogens is 78.0 g/mol. The Morgan fingerprint density at radius 1 is 1.83 bits per heavy atom. The lowest BCUT2D eigenvalue weighted by Gasteiger charge is -1.68. The lowest BCUT2D eigenvalue weighted by molar-refractivity contribution is -0.113. The van der Waals surface area contributed by atoms with E-state index in [9.17, 15) is 4.79 Å². The van der Waals surface area contributed by atoms with Crippen molar-refractivity contribution >= 4 is 12.6 Å². The first-order valence-corrected chi connectivity index (χ1v) is 1.44. The lowest BCUT2D eigenvalue weighted by atomic mass is 10.6. The van der Waals surface area contributed by atoms with Crippen LogP contribution < -0.4 is 0 Å². The molecule has 0 aromatic rings. The Kier molecular flexibility index (Phi) is 1.97. The van der Waals surface area contributed by atoms with E-state index in [1.54, 1.807) is 0 Å². The maximum absolute atomic E-state index is 9.83. The summed E-state index contributed by atoms with van der Waals surface area (Å²) in [7, 11) is 0. The summed E-state index contributed by atoms with van der Waals surface area (Å²) in [6.07, 6.45) is 1.10. The molecule has 6 heavy (non-hydrogen) atoms. The zero-order chi connectivity index (χ0) is 4.99. The molecule has 2 heteroatoms. The maximum atomic E-state index is 9.83. The van der Waals surface area contributed by atoms with E-state index < -0.39 is 0 Å². The average Bonchev–Trinajstić information content (AvgIpc) is 1.65. The molecule has 0 saturated heterocycles.